The number of carbonyl (C=O) groups excluding carboxylic acids is 1. The fraction of sp³-hybridized carbons (Fsp3) is 0.250. The Labute approximate surface area is 208 Å². The van der Waals surface area contributed by atoms with Gasteiger partial charge in [-0.3, -0.25) is 4.79 Å². The minimum absolute atomic E-state index is 0.0544. The molecule has 0 fully saturated rings. The molecule has 2 atom stereocenters. The lowest BCUT2D eigenvalue weighted by atomic mass is 9.78. The van der Waals surface area contributed by atoms with Crippen molar-refractivity contribution in [2.45, 2.75) is 31.7 Å². The van der Waals surface area contributed by atoms with Gasteiger partial charge in [-0.1, -0.05) is 35.9 Å². The third-order valence-corrected chi connectivity index (χ3v) is 6.89. The zero-order valence-corrected chi connectivity index (χ0v) is 20.3. The molecule has 0 bridgehead atoms. The number of ketones is 1. The Morgan fingerprint density at radius 2 is 1.83 bits per heavy atom. The third kappa shape index (κ3) is 4.34. The molecule has 5 rings (SSSR count). The SMILES string of the molecule is CCOc1ccc(C2CC(=O)C3=C(C2)Nc2ccccc2NC3c2c(F)cccc2Cl)cc1OC. The average Bonchev–Trinajstić information content (AvgIpc) is 3.01. The highest BCUT2D eigenvalue weighted by atomic mass is 35.5. The lowest BCUT2D eigenvalue weighted by Crippen LogP contribution is -2.27. The average molecular weight is 493 g/mol. The lowest BCUT2D eigenvalue weighted by Gasteiger charge is -2.30. The predicted octanol–water partition coefficient (Wildman–Crippen LogP) is 6.87. The van der Waals surface area contributed by atoms with Crippen molar-refractivity contribution in [2.24, 2.45) is 0 Å². The summed E-state index contributed by atoms with van der Waals surface area (Å²) in [7, 11) is 1.60. The number of ether oxygens (including phenoxy) is 2. The van der Waals surface area contributed by atoms with Gasteiger partial charge in [0.05, 0.1) is 31.1 Å². The van der Waals surface area contributed by atoms with E-state index in [1.165, 1.54) is 6.07 Å². The van der Waals surface area contributed by atoms with Gasteiger partial charge in [-0.15, -0.1) is 0 Å². The smallest absolute Gasteiger partial charge is 0.163 e. The van der Waals surface area contributed by atoms with Gasteiger partial charge in [0.2, 0.25) is 0 Å². The predicted molar refractivity (Wildman–Crippen MR) is 136 cm³/mol. The second-order valence-electron chi connectivity index (χ2n) is 8.65. The van der Waals surface area contributed by atoms with Crippen molar-refractivity contribution in [1.29, 1.82) is 0 Å². The number of fused-ring (bicyclic) bond motifs is 1. The van der Waals surface area contributed by atoms with E-state index in [1.807, 2.05) is 49.4 Å². The first-order chi connectivity index (χ1) is 17.0. The Morgan fingerprint density at radius 1 is 1.03 bits per heavy atom. The van der Waals surface area contributed by atoms with Crippen molar-refractivity contribution in [3.8, 4) is 11.5 Å². The number of carbonyl (C=O) groups is 1. The number of Topliss-reactive ketones (excluding diaryl/α,β-unsaturated/α-hetero) is 1. The third-order valence-electron chi connectivity index (χ3n) is 6.56. The molecule has 2 N–H and O–H groups in total. The summed E-state index contributed by atoms with van der Waals surface area (Å²) in [4.78, 5) is 13.7. The Hall–Kier alpha value is -3.51. The topological polar surface area (TPSA) is 59.6 Å². The molecule has 2 aliphatic rings. The van der Waals surface area contributed by atoms with Crippen LogP contribution in [0, 0.1) is 5.82 Å². The molecule has 0 aromatic heterocycles. The molecule has 5 nitrogen and oxygen atoms in total. The van der Waals surface area contributed by atoms with Crippen LogP contribution in [0.4, 0.5) is 15.8 Å². The van der Waals surface area contributed by atoms with Crippen molar-refractivity contribution in [3.63, 3.8) is 0 Å². The molecule has 0 radical (unpaired) electrons. The number of anilines is 2. The Kier molecular flexibility index (Phi) is 6.39. The van der Waals surface area contributed by atoms with Gasteiger partial charge < -0.3 is 20.1 Å². The van der Waals surface area contributed by atoms with Crippen LogP contribution in [-0.2, 0) is 4.79 Å². The van der Waals surface area contributed by atoms with Crippen LogP contribution in [0.3, 0.4) is 0 Å². The number of benzene rings is 3. The lowest BCUT2D eigenvalue weighted by molar-refractivity contribution is -0.116. The zero-order valence-electron chi connectivity index (χ0n) is 19.5. The van der Waals surface area contributed by atoms with E-state index in [4.69, 9.17) is 21.1 Å². The standard InChI is InChI=1S/C28H26ClFN2O3/c1-3-35-24-12-11-16(15-25(24)34-2)17-13-22-27(23(33)14-17)28(26-18(29)7-6-8-19(26)30)32-21-10-5-4-9-20(21)31-22/h4-12,15,17,28,31-32H,3,13-14H2,1-2H3. The first-order valence-corrected chi connectivity index (χ1v) is 12.0. The van der Waals surface area contributed by atoms with Gasteiger partial charge in [0.15, 0.2) is 17.3 Å². The molecule has 180 valence electrons. The van der Waals surface area contributed by atoms with E-state index in [-0.39, 0.29) is 28.7 Å². The van der Waals surface area contributed by atoms with Crippen LogP contribution in [0.5, 0.6) is 11.5 Å². The normalized spacial score (nSPS) is 19.1. The number of halogens is 2. The number of hydrogen-bond acceptors (Lipinski definition) is 5. The number of methoxy groups -OCH3 is 1. The summed E-state index contributed by atoms with van der Waals surface area (Å²) in [6, 6.07) is 17.3. The summed E-state index contributed by atoms with van der Waals surface area (Å²) in [5.74, 6) is 0.725. The van der Waals surface area contributed by atoms with Crippen LogP contribution >= 0.6 is 11.6 Å². The summed E-state index contributed by atoms with van der Waals surface area (Å²) in [5, 5.41) is 7.12. The van der Waals surface area contributed by atoms with Crippen LogP contribution in [0.1, 0.15) is 42.9 Å². The fourth-order valence-corrected chi connectivity index (χ4v) is 5.22. The minimum Gasteiger partial charge on any atom is -0.493 e. The first kappa shape index (κ1) is 23.2. The van der Waals surface area contributed by atoms with E-state index in [0.29, 0.717) is 30.1 Å². The number of allylic oxidation sites excluding steroid dienone is 1. The van der Waals surface area contributed by atoms with Gasteiger partial charge in [-0.05, 0) is 61.2 Å². The van der Waals surface area contributed by atoms with E-state index in [2.05, 4.69) is 10.6 Å². The summed E-state index contributed by atoms with van der Waals surface area (Å²) >= 11 is 6.46. The second-order valence-corrected chi connectivity index (χ2v) is 9.05. The minimum atomic E-state index is -0.710. The molecule has 0 saturated heterocycles. The molecule has 0 amide bonds. The molecule has 1 aliphatic carbocycles. The van der Waals surface area contributed by atoms with Crippen molar-refractivity contribution in [3.05, 3.63) is 93.9 Å². The molecule has 0 saturated carbocycles. The summed E-state index contributed by atoms with van der Waals surface area (Å²) < 4.78 is 26.2. The zero-order chi connectivity index (χ0) is 24.5. The molecule has 3 aromatic carbocycles. The van der Waals surface area contributed by atoms with E-state index < -0.39 is 11.9 Å². The van der Waals surface area contributed by atoms with Gasteiger partial charge in [-0.25, -0.2) is 4.39 Å². The Balaban J connectivity index is 1.59. The molecule has 7 heteroatoms. The molecule has 35 heavy (non-hydrogen) atoms. The van der Waals surface area contributed by atoms with E-state index >= 15 is 4.39 Å². The quantitative estimate of drug-likeness (QED) is 0.407. The molecule has 0 spiro atoms. The van der Waals surface area contributed by atoms with Crippen LogP contribution < -0.4 is 20.1 Å². The van der Waals surface area contributed by atoms with Crippen molar-refractivity contribution in [2.75, 3.05) is 24.4 Å². The fourth-order valence-electron chi connectivity index (χ4n) is 4.94. The Morgan fingerprint density at radius 3 is 2.57 bits per heavy atom. The highest BCUT2D eigenvalue weighted by molar-refractivity contribution is 6.31. The highest BCUT2D eigenvalue weighted by Gasteiger charge is 2.38. The van der Waals surface area contributed by atoms with Crippen LogP contribution in [0.15, 0.2) is 71.9 Å². The monoisotopic (exact) mass is 492 g/mol. The van der Waals surface area contributed by atoms with Gasteiger partial charge in [-0.2, -0.15) is 0 Å². The first-order valence-electron chi connectivity index (χ1n) is 11.6. The maximum Gasteiger partial charge on any atom is 0.163 e. The summed E-state index contributed by atoms with van der Waals surface area (Å²) in [6.45, 7) is 2.45. The summed E-state index contributed by atoms with van der Waals surface area (Å²) in [5.41, 5.74) is 4.14. The van der Waals surface area contributed by atoms with Gasteiger partial charge >= 0.3 is 0 Å². The second kappa shape index (κ2) is 9.62. The number of para-hydroxylation sites is 2. The van der Waals surface area contributed by atoms with Crippen LogP contribution in [0.25, 0.3) is 0 Å². The van der Waals surface area contributed by atoms with E-state index in [1.54, 1.807) is 19.2 Å². The molecule has 2 unspecified atom stereocenters. The molecule has 1 heterocycles. The van der Waals surface area contributed by atoms with Gasteiger partial charge in [0.1, 0.15) is 5.82 Å². The van der Waals surface area contributed by atoms with Gasteiger partial charge in [0, 0.05) is 28.3 Å². The maximum absolute atomic E-state index is 15.1. The van der Waals surface area contributed by atoms with Gasteiger partial charge in [0.25, 0.3) is 0 Å². The number of hydrogen-bond donors (Lipinski definition) is 2. The van der Waals surface area contributed by atoms with E-state index in [9.17, 15) is 4.79 Å². The molecular formula is C28H26ClFN2O3. The summed E-state index contributed by atoms with van der Waals surface area (Å²) in [6.07, 6.45) is 0.870. The van der Waals surface area contributed by atoms with Crippen molar-refractivity contribution < 1.29 is 18.7 Å². The largest absolute Gasteiger partial charge is 0.493 e. The van der Waals surface area contributed by atoms with Crippen molar-refractivity contribution in [1.82, 2.24) is 0 Å². The molecule has 1 aliphatic heterocycles. The Bertz CT molecular complexity index is 1300. The van der Waals surface area contributed by atoms with Crippen LogP contribution in [0.2, 0.25) is 5.02 Å². The highest BCUT2D eigenvalue weighted by Crippen LogP contribution is 2.46. The van der Waals surface area contributed by atoms with Crippen molar-refractivity contribution >= 4 is 28.8 Å². The maximum atomic E-state index is 15.1. The number of rotatable bonds is 5. The van der Waals surface area contributed by atoms with Crippen LogP contribution in [-0.4, -0.2) is 19.5 Å². The number of nitrogens with one attached hydrogen (secondary N) is 2. The molecule has 3 aromatic rings. The van der Waals surface area contributed by atoms with E-state index in [0.717, 1.165) is 22.6 Å². The molecular weight excluding hydrogens is 467 g/mol.